The predicted molar refractivity (Wildman–Crippen MR) is 132 cm³/mol. The maximum absolute atomic E-state index is 13.6. The number of aryl methyl sites for hydroxylation is 1. The Kier molecular flexibility index (Phi) is 7.18. The monoisotopic (exact) mass is 505 g/mol. The molecule has 9 heteroatoms. The Morgan fingerprint density at radius 2 is 1.89 bits per heavy atom. The van der Waals surface area contributed by atoms with Crippen molar-refractivity contribution in [2.45, 2.75) is 70.9 Å². The highest BCUT2D eigenvalue weighted by molar-refractivity contribution is 7.99. The largest absolute Gasteiger partial charge is 0.406 e. The standard InChI is InChI=1S/C26H30F3N3O2S/c1-15-8-7-11-22(17(15)3)32-24(34)19-9-5-6-10-21(19)30-25(32)35-13-23(33)20-12-16(2)31(18(20)4)14-26(27,28)29/h5-6,9-10,12,15,17,22H,7-8,11,13-14H2,1-4H3/t15-,17-,22+/m0/s1. The van der Waals surface area contributed by atoms with Gasteiger partial charge in [0.25, 0.3) is 5.56 Å². The second-order valence-corrected chi connectivity index (χ2v) is 10.6. The van der Waals surface area contributed by atoms with Crippen LogP contribution in [0.5, 0.6) is 0 Å². The van der Waals surface area contributed by atoms with Crippen molar-refractivity contribution in [3.8, 4) is 0 Å². The van der Waals surface area contributed by atoms with Crippen LogP contribution in [0.1, 0.15) is 60.9 Å². The van der Waals surface area contributed by atoms with Gasteiger partial charge in [-0.3, -0.25) is 14.2 Å². The number of halogens is 3. The first-order valence-electron chi connectivity index (χ1n) is 11.9. The lowest BCUT2D eigenvalue weighted by molar-refractivity contribution is -0.141. The summed E-state index contributed by atoms with van der Waals surface area (Å²) in [6.45, 7) is 6.33. The fraction of sp³-hybridized carbons (Fsp3) is 0.500. The van der Waals surface area contributed by atoms with Gasteiger partial charge in [0.2, 0.25) is 0 Å². The maximum atomic E-state index is 13.6. The second kappa shape index (κ2) is 9.84. The zero-order valence-corrected chi connectivity index (χ0v) is 21.2. The van der Waals surface area contributed by atoms with Crippen LogP contribution in [0.4, 0.5) is 13.2 Å². The third-order valence-electron chi connectivity index (χ3n) is 7.31. The van der Waals surface area contributed by atoms with Gasteiger partial charge in [-0.25, -0.2) is 4.98 Å². The summed E-state index contributed by atoms with van der Waals surface area (Å²) in [7, 11) is 0. The number of Topliss-reactive ketones (excluding diaryl/α,β-unsaturated/α-hetero) is 1. The highest BCUT2D eigenvalue weighted by Crippen LogP contribution is 2.39. The minimum absolute atomic E-state index is 0.0159. The molecular weight excluding hydrogens is 475 g/mol. The van der Waals surface area contributed by atoms with Crippen LogP contribution in [0.25, 0.3) is 10.9 Å². The van der Waals surface area contributed by atoms with Gasteiger partial charge in [0.15, 0.2) is 10.9 Å². The van der Waals surface area contributed by atoms with E-state index in [4.69, 9.17) is 4.98 Å². The van der Waals surface area contributed by atoms with Crippen LogP contribution in [-0.2, 0) is 6.54 Å². The molecule has 5 nitrogen and oxygen atoms in total. The van der Waals surface area contributed by atoms with Gasteiger partial charge in [-0.2, -0.15) is 13.2 Å². The summed E-state index contributed by atoms with van der Waals surface area (Å²) in [6.07, 6.45) is -1.38. The number of ketones is 1. The molecule has 3 aromatic rings. The first kappa shape index (κ1) is 25.5. The molecule has 1 aliphatic rings. The van der Waals surface area contributed by atoms with Crippen LogP contribution in [0.3, 0.4) is 0 Å². The Balaban J connectivity index is 1.67. The molecule has 0 spiro atoms. The number of rotatable bonds is 6. The van der Waals surface area contributed by atoms with Gasteiger partial charge in [-0.1, -0.05) is 50.6 Å². The molecule has 2 aromatic heterocycles. The number of para-hydroxylation sites is 1. The molecule has 1 aromatic carbocycles. The van der Waals surface area contributed by atoms with Crippen LogP contribution in [0.2, 0.25) is 0 Å². The van der Waals surface area contributed by atoms with Gasteiger partial charge in [0.1, 0.15) is 6.54 Å². The number of hydrogen-bond acceptors (Lipinski definition) is 4. The molecule has 35 heavy (non-hydrogen) atoms. The van der Waals surface area contributed by atoms with Crippen molar-refractivity contribution in [1.82, 2.24) is 14.1 Å². The zero-order valence-electron chi connectivity index (χ0n) is 20.4. The van der Waals surface area contributed by atoms with Crippen LogP contribution in [-0.4, -0.2) is 31.8 Å². The molecule has 1 fully saturated rings. The Morgan fingerprint density at radius 3 is 2.60 bits per heavy atom. The van der Waals surface area contributed by atoms with E-state index < -0.39 is 12.7 Å². The number of nitrogens with zero attached hydrogens (tertiary/aromatic N) is 3. The maximum Gasteiger partial charge on any atom is 0.406 e. The van der Waals surface area contributed by atoms with Crippen molar-refractivity contribution in [1.29, 1.82) is 0 Å². The van der Waals surface area contributed by atoms with E-state index in [1.165, 1.54) is 24.8 Å². The van der Waals surface area contributed by atoms with E-state index in [1.54, 1.807) is 23.6 Å². The molecule has 0 radical (unpaired) electrons. The number of aromatic nitrogens is 3. The van der Waals surface area contributed by atoms with Gasteiger partial charge in [-0.15, -0.1) is 0 Å². The van der Waals surface area contributed by atoms with Crippen molar-refractivity contribution in [3.05, 3.63) is 57.6 Å². The average molecular weight is 506 g/mol. The Bertz CT molecular complexity index is 1310. The minimum Gasteiger partial charge on any atom is -0.339 e. The number of carbonyl (C=O) groups is 1. The van der Waals surface area contributed by atoms with Gasteiger partial charge >= 0.3 is 6.18 Å². The zero-order chi connectivity index (χ0) is 25.5. The molecule has 1 saturated carbocycles. The van der Waals surface area contributed by atoms with Crippen LogP contribution < -0.4 is 5.56 Å². The smallest absolute Gasteiger partial charge is 0.339 e. The second-order valence-electron chi connectivity index (χ2n) is 9.62. The molecule has 2 heterocycles. The van der Waals surface area contributed by atoms with Crippen molar-refractivity contribution < 1.29 is 18.0 Å². The van der Waals surface area contributed by atoms with Crippen molar-refractivity contribution >= 4 is 28.4 Å². The molecule has 1 aliphatic carbocycles. The van der Waals surface area contributed by atoms with Gasteiger partial charge in [0.05, 0.1) is 16.7 Å². The summed E-state index contributed by atoms with van der Waals surface area (Å²) < 4.78 is 41.8. The predicted octanol–water partition coefficient (Wildman–Crippen LogP) is 6.35. The van der Waals surface area contributed by atoms with Crippen LogP contribution >= 0.6 is 11.8 Å². The lowest BCUT2D eigenvalue weighted by atomic mass is 9.78. The average Bonchev–Trinajstić information content (AvgIpc) is 3.07. The summed E-state index contributed by atoms with van der Waals surface area (Å²) in [6, 6.07) is 8.68. The summed E-state index contributed by atoms with van der Waals surface area (Å²) in [5, 5.41) is 1.03. The lowest BCUT2D eigenvalue weighted by Crippen LogP contribution is -2.35. The molecule has 0 bridgehead atoms. The fourth-order valence-electron chi connectivity index (χ4n) is 5.15. The quantitative estimate of drug-likeness (QED) is 0.223. The molecule has 0 aliphatic heterocycles. The van der Waals surface area contributed by atoms with E-state index >= 15 is 0 Å². The van der Waals surface area contributed by atoms with Crippen molar-refractivity contribution in [2.75, 3.05) is 5.75 Å². The lowest BCUT2D eigenvalue weighted by Gasteiger charge is -2.36. The SMILES string of the molecule is Cc1cc(C(=O)CSc2nc3ccccc3c(=O)n2[C@@H]2CCC[C@H](C)[C@@H]2C)c(C)n1CC(F)(F)F. The number of carbonyl (C=O) groups excluding carboxylic acids is 1. The van der Waals surface area contributed by atoms with E-state index in [9.17, 15) is 22.8 Å². The Labute approximate surface area is 206 Å². The fourth-order valence-corrected chi connectivity index (χ4v) is 6.09. The third kappa shape index (κ3) is 5.20. The Morgan fingerprint density at radius 1 is 1.17 bits per heavy atom. The summed E-state index contributed by atoms with van der Waals surface area (Å²) >= 11 is 1.18. The number of thioether (sulfide) groups is 1. The summed E-state index contributed by atoms with van der Waals surface area (Å²) in [5.74, 6) is 0.444. The van der Waals surface area contributed by atoms with Gasteiger partial charge in [-0.05, 0) is 50.3 Å². The van der Waals surface area contributed by atoms with E-state index in [0.29, 0.717) is 33.4 Å². The molecule has 188 valence electrons. The number of benzene rings is 1. The molecule has 0 amide bonds. The van der Waals surface area contributed by atoms with Gasteiger partial charge < -0.3 is 4.57 Å². The van der Waals surface area contributed by atoms with E-state index in [-0.39, 0.29) is 34.6 Å². The highest BCUT2D eigenvalue weighted by atomic mass is 32.2. The topological polar surface area (TPSA) is 56.9 Å². The van der Waals surface area contributed by atoms with Gasteiger partial charge in [0, 0.05) is 23.0 Å². The van der Waals surface area contributed by atoms with E-state index in [0.717, 1.165) is 23.8 Å². The molecule has 0 saturated heterocycles. The number of alkyl halides is 3. The molecule has 3 atom stereocenters. The van der Waals surface area contributed by atoms with Crippen molar-refractivity contribution in [3.63, 3.8) is 0 Å². The third-order valence-corrected chi connectivity index (χ3v) is 8.27. The molecule has 0 unspecified atom stereocenters. The van der Waals surface area contributed by atoms with Crippen LogP contribution in [0.15, 0.2) is 40.3 Å². The summed E-state index contributed by atoms with van der Waals surface area (Å²) in [5.41, 5.74) is 1.42. The summed E-state index contributed by atoms with van der Waals surface area (Å²) in [4.78, 5) is 31.4. The number of hydrogen-bond donors (Lipinski definition) is 0. The first-order valence-corrected chi connectivity index (χ1v) is 12.9. The Hall–Kier alpha value is -2.55. The normalized spacial score (nSPS) is 20.9. The van der Waals surface area contributed by atoms with E-state index in [2.05, 4.69) is 13.8 Å². The highest BCUT2D eigenvalue weighted by Gasteiger charge is 2.32. The number of fused-ring (bicyclic) bond motifs is 1. The minimum atomic E-state index is -4.37. The molecule has 4 rings (SSSR count). The first-order chi connectivity index (χ1) is 16.5. The molecular formula is C26H30F3N3O2S. The molecule has 0 N–H and O–H groups in total. The van der Waals surface area contributed by atoms with E-state index in [1.807, 2.05) is 12.1 Å². The van der Waals surface area contributed by atoms with Crippen LogP contribution in [0, 0.1) is 25.7 Å². The van der Waals surface area contributed by atoms with Crippen molar-refractivity contribution in [2.24, 2.45) is 11.8 Å².